The topological polar surface area (TPSA) is 163 Å². The van der Waals surface area contributed by atoms with Gasteiger partial charge in [0, 0.05) is 65.6 Å². The van der Waals surface area contributed by atoms with Gasteiger partial charge in [0.2, 0.25) is 0 Å². The van der Waals surface area contributed by atoms with Gasteiger partial charge in [-0.1, -0.05) is 112 Å². The number of nitrogens with zero attached hydrogens (tertiary/aromatic N) is 2. The highest BCUT2D eigenvalue weighted by atomic mass is 79.9. The van der Waals surface area contributed by atoms with Gasteiger partial charge in [-0.05, 0) is 119 Å². The Balaban J connectivity index is 1.34. The summed E-state index contributed by atoms with van der Waals surface area (Å²) in [5.74, 6) is -1.73. The number of rotatable bonds is 16. The fraction of sp³-hybridized carbons (Fsp3) is 0.143. The van der Waals surface area contributed by atoms with Gasteiger partial charge in [-0.2, -0.15) is 0 Å². The van der Waals surface area contributed by atoms with Crippen LogP contribution in [-0.2, 0) is 18.9 Å². The molecule has 3 aromatic heterocycles. The predicted molar refractivity (Wildman–Crippen MR) is 297 cm³/mol. The van der Waals surface area contributed by atoms with E-state index in [9.17, 15) is 19.2 Å². The fourth-order valence-electron chi connectivity index (χ4n) is 8.37. The van der Waals surface area contributed by atoms with Gasteiger partial charge < -0.3 is 28.9 Å². The lowest BCUT2D eigenvalue weighted by Gasteiger charge is -2.09. The second-order valence-corrected chi connectivity index (χ2v) is 19.3. The molecule has 0 radical (unpaired) electrons. The zero-order valence-corrected chi connectivity index (χ0v) is 44.5. The van der Waals surface area contributed by atoms with Crippen molar-refractivity contribution in [3.63, 3.8) is 0 Å². The van der Waals surface area contributed by atoms with Gasteiger partial charge in [-0.15, -0.1) is 0 Å². The number of hydrogen-bond donors (Lipinski definition) is 2. The number of ether oxygens (including phenoxy) is 4. The molecule has 72 heavy (non-hydrogen) atoms. The molecule has 2 aliphatic rings. The van der Waals surface area contributed by atoms with Crippen LogP contribution in [0.2, 0.25) is 0 Å². The van der Waals surface area contributed by atoms with Crippen molar-refractivity contribution < 1.29 is 38.1 Å². The maximum absolute atomic E-state index is 12.9. The molecule has 0 saturated heterocycles. The smallest absolute Gasteiger partial charge is 0.338 e. The van der Waals surface area contributed by atoms with E-state index < -0.39 is 23.9 Å². The van der Waals surface area contributed by atoms with E-state index >= 15 is 0 Å². The molecule has 0 unspecified atom stereocenters. The molecule has 0 spiro atoms. The summed E-state index contributed by atoms with van der Waals surface area (Å²) in [6.45, 7) is 0.942. The van der Waals surface area contributed by atoms with Gasteiger partial charge >= 0.3 is 23.9 Å². The minimum Gasteiger partial charge on any atom is -0.461 e. The lowest BCUT2D eigenvalue weighted by Crippen LogP contribution is -2.06. The molecule has 5 heterocycles. The average molecular weight is 1220 g/mol. The molecular formula is C56H42Br4N4O8. The third kappa shape index (κ3) is 11.0. The van der Waals surface area contributed by atoms with Crippen molar-refractivity contribution in [1.29, 1.82) is 0 Å². The molecule has 16 heteroatoms. The first-order chi connectivity index (χ1) is 35.2. The summed E-state index contributed by atoms with van der Waals surface area (Å²) in [6.07, 6.45) is 7.80. The van der Waals surface area contributed by atoms with Crippen LogP contribution in [0.15, 0.2) is 121 Å². The van der Waals surface area contributed by atoms with Crippen molar-refractivity contribution in [2.75, 3.05) is 47.7 Å². The van der Waals surface area contributed by atoms with Gasteiger partial charge in [-0.25, -0.2) is 29.1 Å². The number of benzene rings is 4. The first kappa shape index (κ1) is 50.2. The van der Waals surface area contributed by atoms with E-state index in [1.54, 1.807) is 48.5 Å². The molecule has 0 fully saturated rings. The van der Waals surface area contributed by atoms with Crippen molar-refractivity contribution in [1.82, 2.24) is 19.9 Å². The molecule has 0 saturated carbocycles. The molecule has 2 aliphatic heterocycles. The molecule has 362 valence electrons. The number of carbonyl (C=O) groups is 4. The number of carbonyl (C=O) groups excluding carboxylic acids is 4. The Morgan fingerprint density at radius 3 is 0.847 bits per heavy atom. The van der Waals surface area contributed by atoms with Crippen molar-refractivity contribution >= 4 is 134 Å². The number of nitrogens with one attached hydrogen (secondary N) is 2. The van der Waals surface area contributed by atoms with Crippen molar-refractivity contribution in [2.45, 2.75) is 0 Å². The highest BCUT2D eigenvalue weighted by Crippen LogP contribution is 2.39. The Bertz CT molecular complexity index is 3260. The predicted octanol–water partition coefficient (Wildman–Crippen LogP) is 13.5. The van der Waals surface area contributed by atoms with Crippen LogP contribution in [-0.4, -0.2) is 91.6 Å². The summed E-state index contributed by atoms with van der Waals surface area (Å²) in [6, 6.07) is 36.9. The lowest BCUT2D eigenvalue weighted by molar-refractivity contribution is 0.0522. The van der Waals surface area contributed by atoms with Gasteiger partial charge in [0.15, 0.2) is 0 Å². The molecule has 12 nitrogen and oxygen atoms in total. The summed E-state index contributed by atoms with van der Waals surface area (Å²) < 4.78 is 21.6. The molecule has 0 aliphatic carbocycles. The number of alkyl halides is 4. The van der Waals surface area contributed by atoms with E-state index in [1.165, 1.54) is 0 Å². The van der Waals surface area contributed by atoms with E-state index in [0.29, 0.717) is 71.9 Å². The number of aromatic nitrogens is 4. The second kappa shape index (κ2) is 23.2. The maximum Gasteiger partial charge on any atom is 0.338 e. The van der Waals surface area contributed by atoms with Crippen LogP contribution in [0.3, 0.4) is 0 Å². The number of fused-ring (bicyclic) bond motifs is 8. The number of halogens is 4. The number of H-pyrrole nitrogens is 2. The second-order valence-electron chi connectivity index (χ2n) is 16.1. The zero-order chi connectivity index (χ0) is 50.1. The molecule has 4 aromatic carbocycles. The van der Waals surface area contributed by atoms with E-state index in [4.69, 9.17) is 28.9 Å². The van der Waals surface area contributed by atoms with Crippen LogP contribution < -0.4 is 0 Å². The first-order valence-corrected chi connectivity index (χ1v) is 27.2. The van der Waals surface area contributed by atoms with E-state index in [-0.39, 0.29) is 26.4 Å². The van der Waals surface area contributed by atoms with Gasteiger partial charge in [0.25, 0.3) is 0 Å². The third-order valence-corrected chi connectivity index (χ3v) is 12.9. The molecule has 9 rings (SSSR count). The summed E-state index contributed by atoms with van der Waals surface area (Å²) in [4.78, 5) is 69.8. The minimum absolute atomic E-state index is 0.233. The average Bonchev–Trinajstić information content (AvgIpc) is 4.28. The minimum atomic E-state index is -0.437. The van der Waals surface area contributed by atoms with E-state index in [2.05, 4.69) is 73.7 Å². The standard InChI is InChI=1S/C56H42Br4N4O8/c57-25-29-69-53(65)37-9-1-33(2-10-37)49-41-17-19-43(61-41)50(34-3-11-38(12-4-34)54(66)70-30-26-58)45-21-23-47(63-45)52(36-7-15-40(16-8-36)56(68)72-32-28-60)48-24-22-46(64-48)51(44-20-18-42(49)62-44)35-5-13-39(14-6-35)55(67)71-31-27-59/h1-24,61-62H,25-32H2. The third-order valence-electron chi connectivity index (χ3n) is 11.6. The van der Waals surface area contributed by atoms with Gasteiger partial charge in [0.05, 0.1) is 45.0 Å². The highest BCUT2D eigenvalue weighted by Gasteiger charge is 2.21. The Labute approximate surface area is 447 Å². The Hall–Kier alpha value is -6.72. The fourth-order valence-corrected chi connectivity index (χ4v) is 9.02. The Morgan fingerprint density at radius 1 is 0.333 bits per heavy atom. The molecule has 0 amide bonds. The summed E-state index contributed by atoms with van der Waals surface area (Å²) in [5.41, 5.74) is 13.3. The van der Waals surface area contributed by atoms with Gasteiger partial charge in [-0.3, -0.25) is 0 Å². The van der Waals surface area contributed by atoms with Crippen LogP contribution in [0, 0.1) is 0 Å². The van der Waals surface area contributed by atoms with Crippen molar-refractivity contribution in [2.24, 2.45) is 0 Å². The van der Waals surface area contributed by atoms with Crippen LogP contribution >= 0.6 is 63.7 Å². The number of esters is 4. The van der Waals surface area contributed by atoms with Crippen LogP contribution in [0.5, 0.6) is 0 Å². The quantitative estimate of drug-likeness (QED) is 0.0541. The molecule has 0 atom stereocenters. The zero-order valence-electron chi connectivity index (χ0n) is 38.2. The van der Waals surface area contributed by atoms with E-state index in [0.717, 1.165) is 61.0 Å². The Kier molecular flexibility index (Phi) is 16.2. The van der Waals surface area contributed by atoms with Gasteiger partial charge in [0.1, 0.15) is 26.4 Å². The normalized spacial score (nSPS) is 11.6. The monoisotopic (exact) mass is 1210 g/mol. The first-order valence-electron chi connectivity index (χ1n) is 22.7. The molecule has 7 aromatic rings. The van der Waals surface area contributed by atoms with Crippen LogP contribution in [0.25, 0.3) is 90.9 Å². The van der Waals surface area contributed by atoms with Crippen molar-refractivity contribution in [3.8, 4) is 44.5 Å². The summed E-state index contributed by atoms with van der Waals surface area (Å²) in [5, 5.41) is 2.08. The number of aromatic amines is 2. The van der Waals surface area contributed by atoms with Crippen molar-refractivity contribution in [3.05, 3.63) is 166 Å². The maximum atomic E-state index is 12.9. The largest absolute Gasteiger partial charge is 0.461 e. The van der Waals surface area contributed by atoms with Crippen LogP contribution in [0.1, 0.15) is 64.2 Å². The molecule has 2 N–H and O–H groups in total. The number of hydrogen-bond acceptors (Lipinski definition) is 10. The lowest BCUT2D eigenvalue weighted by atomic mass is 10.0. The Morgan fingerprint density at radius 2 is 0.569 bits per heavy atom. The van der Waals surface area contributed by atoms with Crippen LogP contribution in [0.4, 0.5) is 0 Å². The molecular weight excluding hydrogens is 1180 g/mol. The summed E-state index contributed by atoms with van der Waals surface area (Å²) >= 11 is 13.3. The molecule has 8 bridgehead atoms. The van der Waals surface area contributed by atoms with E-state index in [1.807, 2.05) is 97.1 Å². The highest BCUT2D eigenvalue weighted by molar-refractivity contribution is 9.09. The SMILES string of the molecule is O=C(OCCBr)c1ccc(-c2c3nc(c(-c4ccc(C(=O)OCCBr)cc4)c4ccc([nH]4)c(-c4ccc(C(=O)OCCBr)cc4)c4ccc([nH]4)c(-c4ccc(C(=O)OCCBr)cc4)c4nc2C=C4)C=C3)cc1. The summed E-state index contributed by atoms with van der Waals surface area (Å²) in [7, 11) is 0.